The summed E-state index contributed by atoms with van der Waals surface area (Å²) in [5.41, 5.74) is -0.211. The van der Waals surface area contributed by atoms with Gasteiger partial charge in [0.15, 0.2) is 0 Å². The highest BCUT2D eigenvalue weighted by Crippen LogP contribution is 2.28. The minimum absolute atomic E-state index is 0.0369. The Morgan fingerprint density at radius 1 is 1.22 bits per heavy atom. The fourth-order valence-electron chi connectivity index (χ4n) is 2.13. The molecule has 1 heterocycles. The van der Waals surface area contributed by atoms with Crippen LogP contribution in [0, 0.1) is 6.92 Å². The molecule has 6 heteroatoms. The van der Waals surface area contributed by atoms with Crippen LogP contribution in [0.15, 0.2) is 55.1 Å². The van der Waals surface area contributed by atoms with Crippen LogP contribution in [0.5, 0.6) is 0 Å². The third-order valence-corrected chi connectivity index (χ3v) is 3.23. The van der Waals surface area contributed by atoms with Gasteiger partial charge in [0, 0.05) is 12.2 Å². The molecule has 0 bridgehead atoms. The van der Waals surface area contributed by atoms with E-state index < -0.39 is 17.8 Å². The van der Waals surface area contributed by atoms with Gasteiger partial charge < -0.3 is 4.90 Å². The summed E-state index contributed by atoms with van der Waals surface area (Å²) in [5, 5.41) is 0. The minimum atomic E-state index is -4.54. The molecule has 0 aliphatic heterocycles. The van der Waals surface area contributed by atoms with Gasteiger partial charge in [-0.3, -0.25) is 4.79 Å². The first-order valence-electron chi connectivity index (χ1n) is 6.87. The number of hydrogen-bond acceptors (Lipinski definition) is 2. The molecule has 3 nitrogen and oxygen atoms in total. The predicted octanol–water partition coefficient (Wildman–Crippen LogP) is 4.24. The Morgan fingerprint density at radius 2 is 1.87 bits per heavy atom. The predicted molar refractivity (Wildman–Crippen MR) is 82.3 cm³/mol. The van der Waals surface area contributed by atoms with E-state index in [-0.39, 0.29) is 17.8 Å². The number of hydrogen-bond donors (Lipinski definition) is 0. The molecule has 0 N–H and O–H groups in total. The number of carbonyl (C=O) groups excluding carboxylic acids is 1. The molecule has 1 aromatic heterocycles. The number of nitrogens with zero attached hydrogens (tertiary/aromatic N) is 2. The van der Waals surface area contributed by atoms with E-state index in [4.69, 9.17) is 0 Å². The van der Waals surface area contributed by atoms with Crippen LogP contribution in [0.3, 0.4) is 0 Å². The lowest BCUT2D eigenvalue weighted by Crippen LogP contribution is -2.32. The SMILES string of the molecule is C=CCN(C(=O)c1ccc(C(F)(F)F)nc1C)c1ccccc1. The number of aryl methyl sites for hydroxylation is 1. The van der Waals surface area contributed by atoms with Crippen molar-refractivity contribution >= 4 is 11.6 Å². The van der Waals surface area contributed by atoms with Gasteiger partial charge in [-0.25, -0.2) is 4.98 Å². The van der Waals surface area contributed by atoms with Crippen LogP contribution in [0.25, 0.3) is 0 Å². The van der Waals surface area contributed by atoms with E-state index in [1.165, 1.54) is 11.8 Å². The number of benzene rings is 1. The summed E-state index contributed by atoms with van der Waals surface area (Å²) in [6, 6.07) is 10.8. The van der Waals surface area contributed by atoms with E-state index in [0.29, 0.717) is 5.69 Å². The van der Waals surface area contributed by atoms with E-state index in [2.05, 4.69) is 11.6 Å². The Bertz CT molecular complexity index is 712. The first kappa shape index (κ1) is 16.7. The topological polar surface area (TPSA) is 33.2 Å². The first-order chi connectivity index (χ1) is 10.8. The smallest absolute Gasteiger partial charge is 0.305 e. The summed E-state index contributed by atoms with van der Waals surface area (Å²) in [6.07, 6.45) is -2.98. The highest BCUT2D eigenvalue weighted by Gasteiger charge is 2.33. The van der Waals surface area contributed by atoms with Crippen LogP contribution in [-0.2, 0) is 6.18 Å². The molecular weight excluding hydrogens is 305 g/mol. The fourth-order valence-corrected chi connectivity index (χ4v) is 2.13. The number of anilines is 1. The van der Waals surface area contributed by atoms with Gasteiger partial charge in [0.05, 0.1) is 11.3 Å². The van der Waals surface area contributed by atoms with E-state index in [1.54, 1.807) is 30.3 Å². The van der Waals surface area contributed by atoms with Crippen molar-refractivity contribution < 1.29 is 18.0 Å². The molecule has 23 heavy (non-hydrogen) atoms. The molecule has 0 aliphatic carbocycles. The number of rotatable bonds is 4. The quantitative estimate of drug-likeness (QED) is 0.789. The van der Waals surface area contributed by atoms with Gasteiger partial charge in [0.1, 0.15) is 5.69 Å². The summed E-state index contributed by atoms with van der Waals surface area (Å²) < 4.78 is 38.0. The monoisotopic (exact) mass is 320 g/mol. The average Bonchev–Trinajstić information content (AvgIpc) is 2.52. The van der Waals surface area contributed by atoms with Gasteiger partial charge in [-0.15, -0.1) is 6.58 Å². The van der Waals surface area contributed by atoms with Crippen molar-refractivity contribution in [1.82, 2.24) is 4.98 Å². The van der Waals surface area contributed by atoms with Crippen LogP contribution in [0.2, 0.25) is 0 Å². The molecule has 0 spiro atoms. The lowest BCUT2D eigenvalue weighted by Gasteiger charge is -2.22. The lowest BCUT2D eigenvalue weighted by molar-refractivity contribution is -0.141. The van der Waals surface area contributed by atoms with E-state index in [9.17, 15) is 18.0 Å². The van der Waals surface area contributed by atoms with Crippen molar-refractivity contribution in [2.75, 3.05) is 11.4 Å². The number of pyridine rings is 1. The first-order valence-corrected chi connectivity index (χ1v) is 6.87. The zero-order valence-electron chi connectivity index (χ0n) is 12.5. The minimum Gasteiger partial charge on any atom is -0.305 e. The Kier molecular flexibility index (Phi) is 4.83. The van der Waals surface area contributed by atoms with Crippen LogP contribution >= 0.6 is 0 Å². The Hall–Kier alpha value is -2.63. The van der Waals surface area contributed by atoms with Crippen molar-refractivity contribution in [2.24, 2.45) is 0 Å². The maximum atomic E-state index is 12.7. The van der Waals surface area contributed by atoms with Crippen LogP contribution in [-0.4, -0.2) is 17.4 Å². The van der Waals surface area contributed by atoms with Crippen LogP contribution < -0.4 is 4.90 Å². The van der Waals surface area contributed by atoms with E-state index in [1.807, 2.05) is 6.07 Å². The van der Waals surface area contributed by atoms with Gasteiger partial charge in [0.25, 0.3) is 5.91 Å². The van der Waals surface area contributed by atoms with Crippen molar-refractivity contribution in [3.8, 4) is 0 Å². The number of halogens is 3. The molecule has 1 aromatic carbocycles. The summed E-state index contributed by atoms with van der Waals surface area (Å²) >= 11 is 0. The zero-order chi connectivity index (χ0) is 17.0. The molecule has 0 fully saturated rings. The summed E-state index contributed by atoms with van der Waals surface area (Å²) in [7, 11) is 0. The third kappa shape index (κ3) is 3.77. The van der Waals surface area contributed by atoms with Crippen molar-refractivity contribution in [1.29, 1.82) is 0 Å². The normalized spacial score (nSPS) is 11.1. The van der Waals surface area contributed by atoms with E-state index >= 15 is 0 Å². The Labute approximate surface area is 132 Å². The molecule has 1 amide bonds. The molecule has 0 atom stereocenters. The summed E-state index contributed by atoms with van der Waals surface area (Å²) in [6.45, 7) is 5.24. The number of carbonyl (C=O) groups is 1. The van der Waals surface area contributed by atoms with Gasteiger partial charge in [0.2, 0.25) is 0 Å². The second-order valence-electron chi connectivity index (χ2n) is 4.87. The second kappa shape index (κ2) is 6.64. The van der Waals surface area contributed by atoms with Gasteiger partial charge >= 0.3 is 6.18 Å². The van der Waals surface area contributed by atoms with Crippen molar-refractivity contribution in [3.05, 3.63) is 72.1 Å². The highest BCUT2D eigenvalue weighted by molar-refractivity contribution is 6.06. The van der Waals surface area contributed by atoms with Crippen molar-refractivity contribution in [3.63, 3.8) is 0 Å². The molecule has 0 saturated heterocycles. The largest absolute Gasteiger partial charge is 0.433 e. The average molecular weight is 320 g/mol. The number of para-hydroxylation sites is 1. The summed E-state index contributed by atoms with van der Waals surface area (Å²) in [4.78, 5) is 17.6. The number of alkyl halides is 3. The third-order valence-electron chi connectivity index (χ3n) is 3.23. The standard InChI is InChI=1S/C17H15F3N2O/c1-3-11-22(13-7-5-4-6-8-13)16(23)14-9-10-15(17(18,19)20)21-12(14)2/h3-10H,1,11H2,2H3. The number of aromatic nitrogens is 1. The van der Waals surface area contributed by atoms with Crippen LogP contribution in [0.4, 0.5) is 18.9 Å². The molecule has 0 radical (unpaired) electrons. The highest BCUT2D eigenvalue weighted by atomic mass is 19.4. The van der Waals surface area contributed by atoms with Gasteiger partial charge in [-0.2, -0.15) is 13.2 Å². The molecule has 2 aromatic rings. The maximum absolute atomic E-state index is 12.7. The van der Waals surface area contributed by atoms with E-state index in [0.717, 1.165) is 12.1 Å². The molecule has 0 unspecified atom stereocenters. The Balaban J connectivity index is 2.39. The van der Waals surface area contributed by atoms with Gasteiger partial charge in [-0.05, 0) is 31.2 Å². The summed E-state index contributed by atoms with van der Waals surface area (Å²) in [5.74, 6) is -0.421. The maximum Gasteiger partial charge on any atom is 0.433 e. The molecular formula is C17H15F3N2O. The van der Waals surface area contributed by atoms with Gasteiger partial charge in [-0.1, -0.05) is 24.3 Å². The molecule has 2 rings (SSSR count). The number of amides is 1. The molecule has 120 valence electrons. The lowest BCUT2D eigenvalue weighted by atomic mass is 10.1. The zero-order valence-corrected chi connectivity index (χ0v) is 12.5. The second-order valence-corrected chi connectivity index (χ2v) is 4.87. The van der Waals surface area contributed by atoms with Crippen molar-refractivity contribution in [2.45, 2.75) is 13.1 Å². The Morgan fingerprint density at radius 3 is 2.39 bits per heavy atom. The molecule has 0 saturated carbocycles. The molecule has 0 aliphatic rings. The fraction of sp³-hybridized carbons (Fsp3) is 0.176. The van der Waals surface area contributed by atoms with Crippen LogP contribution in [0.1, 0.15) is 21.7 Å².